The van der Waals surface area contributed by atoms with E-state index in [1.165, 1.54) is 10.9 Å². The van der Waals surface area contributed by atoms with Crippen LogP contribution in [0.2, 0.25) is 39.3 Å². The lowest BCUT2D eigenvalue weighted by Crippen LogP contribution is -2.50. The van der Waals surface area contributed by atoms with Crippen molar-refractivity contribution in [3.63, 3.8) is 0 Å². The summed E-state index contributed by atoms with van der Waals surface area (Å²) < 4.78 is 2.33. The molecule has 0 saturated carbocycles. The topological polar surface area (TPSA) is 17.8 Å². The molecule has 0 unspecified atom stereocenters. The van der Waals surface area contributed by atoms with Crippen LogP contribution in [0.15, 0.2) is 30.5 Å². The minimum Gasteiger partial charge on any atom is -0.268 e. The summed E-state index contributed by atoms with van der Waals surface area (Å²) in [6, 6.07) is 8.57. The van der Waals surface area contributed by atoms with E-state index in [-0.39, 0.29) is 0 Å². The molecule has 0 aliphatic heterocycles. The lowest BCUT2D eigenvalue weighted by Gasteiger charge is -2.38. The van der Waals surface area contributed by atoms with Gasteiger partial charge in [-0.2, -0.15) is 5.10 Å². The highest BCUT2D eigenvalue weighted by molar-refractivity contribution is 6.95. The molecule has 0 aliphatic carbocycles. The predicted molar refractivity (Wildman–Crippen MR) is 85.5 cm³/mol. The van der Waals surface area contributed by atoms with Crippen LogP contribution in [-0.4, -0.2) is 25.9 Å². The van der Waals surface area contributed by atoms with Crippen LogP contribution in [0.5, 0.6) is 0 Å². The number of fused-ring (bicyclic) bond motifs is 1. The average molecular weight is 277 g/mol. The fraction of sp³-hybridized carbons (Fsp3) is 0.500. The Morgan fingerprint density at radius 1 is 0.944 bits per heavy atom. The maximum atomic E-state index is 4.71. The third-order valence-electron chi connectivity index (χ3n) is 3.39. The molecule has 1 heterocycles. The molecule has 2 aromatic rings. The molecular weight excluding hydrogens is 252 g/mol. The maximum absolute atomic E-state index is 4.71. The molecule has 0 aliphatic rings. The molecule has 2 nitrogen and oxygen atoms in total. The van der Waals surface area contributed by atoms with Crippen molar-refractivity contribution in [2.75, 3.05) is 0 Å². The molecule has 1 aromatic carbocycles. The molecular formula is C14H24N2Si2. The molecule has 4 heteroatoms. The molecule has 2 rings (SSSR count). The van der Waals surface area contributed by atoms with Crippen LogP contribution in [0.4, 0.5) is 0 Å². The Hall–Kier alpha value is -0.876. The number of benzene rings is 1. The van der Waals surface area contributed by atoms with Gasteiger partial charge in [0, 0.05) is 10.7 Å². The van der Waals surface area contributed by atoms with Crippen molar-refractivity contribution in [1.82, 2.24) is 9.78 Å². The summed E-state index contributed by atoms with van der Waals surface area (Å²) in [4.78, 5) is 0. The first-order chi connectivity index (χ1) is 8.21. The molecule has 0 atom stereocenters. The Morgan fingerprint density at radius 2 is 1.50 bits per heavy atom. The molecule has 1 aromatic heterocycles. The van der Waals surface area contributed by atoms with E-state index in [0.29, 0.717) is 5.29 Å². The summed E-state index contributed by atoms with van der Waals surface area (Å²) in [6.45, 7) is 14.8. The van der Waals surface area contributed by atoms with E-state index in [4.69, 9.17) is 5.10 Å². The summed E-state index contributed by atoms with van der Waals surface area (Å²) in [5.74, 6) is 0. The van der Waals surface area contributed by atoms with E-state index >= 15 is 0 Å². The van der Waals surface area contributed by atoms with E-state index in [9.17, 15) is 0 Å². The van der Waals surface area contributed by atoms with Gasteiger partial charge in [-0.3, -0.25) is 4.68 Å². The van der Waals surface area contributed by atoms with Crippen LogP contribution < -0.4 is 0 Å². The Kier molecular flexibility index (Phi) is 3.27. The summed E-state index contributed by atoms with van der Waals surface area (Å²) in [7, 11) is -2.56. The van der Waals surface area contributed by atoms with Crippen molar-refractivity contribution >= 4 is 27.1 Å². The van der Waals surface area contributed by atoms with Gasteiger partial charge in [0.15, 0.2) is 0 Å². The Morgan fingerprint density at radius 3 is 2.06 bits per heavy atom. The normalized spacial score (nSPS) is 13.5. The molecule has 0 bridgehead atoms. The second kappa shape index (κ2) is 4.35. The zero-order valence-electron chi connectivity index (χ0n) is 12.4. The van der Waals surface area contributed by atoms with Crippen LogP contribution in [0, 0.1) is 0 Å². The largest absolute Gasteiger partial charge is 0.268 e. The van der Waals surface area contributed by atoms with Gasteiger partial charge in [-0.1, -0.05) is 57.5 Å². The zero-order valence-corrected chi connectivity index (χ0v) is 14.4. The van der Waals surface area contributed by atoms with Crippen LogP contribution in [0.25, 0.3) is 10.9 Å². The van der Waals surface area contributed by atoms with Gasteiger partial charge in [0.2, 0.25) is 0 Å². The summed E-state index contributed by atoms with van der Waals surface area (Å²) in [5.41, 5.74) is 1.30. The smallest absolute Gasteiger partial charge is 0.0695 e. The summed E-state index contributed by atoms with van der Waals surface area (Å²) in [6.07, 6.45) is 2.02. The lowest BCUT2D eigenvalue weighted by atomic mass is 10.3. The van der Waals surface area contributed by atoms with Crippen molar-refractivity contribution in [3.05, 3.63) is 30.5 Å². The molecule has 0 radical (unpaired) electrons. The summed E-state index contributed by atoms with van der Waals surface area (Å²) >= 11 is 0. The first kappa shape index (κ1) is 13.6. The van der Waals surface area contributed by atoms with E-state index < -0.39 is 16.1 Å². The number of hydrogen-bond acceptors (Lipinski definition) is 1. The number of aromatic nitrogens is 2. The first-order valence-electron chi connectivity index (χ1n) is 6.63. The monoisotopic (exact) mass is 276 g/mol. The van der Waals surface area contributed by atoms with Crippen LogP contribution >= 0.6 is 0 Å². The van der Waals surface area contributed by atoms with E-state index in [1.54, 1.807) is 0 Å². The van der Waals surface area contributed by atoms with E-state index in [2.05, 4.69) is 68.2 Å². The van der Waals surface area contributed by atoms with Crippen LogP contribution in [0.3, 0.4) is 0 Å². The van der Waals surface area contributed by atoms with Crippen molar-refractivity contribution in [2.24, 2.45) is 0 Å². The first-order valence-corrected chi connectivity index (χ1v) is 13.8. The molecule has 98 valence electrons. The third-order valence-corrected chi connectivity index (χ3v) is 12.4. The number of rotatable bonds is 3. The summed E-state index contributed by atoms with van der Waals surface area (Å²) in [5, 5.41) is 6.62. The van der Waals surface area contributed by atoms with Crippen molar-refractivity contribution < 1.29 is 0 Å². The molecule has 0 fully saturated rings. The van der Waals surface area contributed by atoms with Crippen molar-refractivity contribution in [3.8, 4) is 0 Å². The Balaban J connectivity index is 2.63. The van der Waals surface area contributed by atoms with Gasteiger partial charge in [0.05, 0.1) is 27.9 Å². The highest BCUT2D eigenvalue weighted by Gasteiger charge is 2.40. The van der Waals surface area contributed by atoms with E-state index in [1.807, 2.05) is 6.20 Å². The molecule has 0 spiro atoms. The standard InChI is InChI=1S/C14H24N2Si2/c1-17(2,3)14(18(4,5)6)16-13-10-8-7-9-12(13)11-15-16/h7-11,14H,1-6H3. The van der Waals surface area contributed by atoms with Gasteiger partial charge in [0.1, 0.15) is 0 Å². The lowest BCUT2D eigenvalue weighted by molar-refractivity contribution is 0.706. The van der Waals surface area contributed by atoms with Crippen LogP contribution in [-0.2, 0) is 0 Å². The van der Waals surface area contributed by atoms with E-state index in [0.717, 1.165) is 0 Å². The van der Waals surface area contributed by atoms with Gasteiger partial charge in [-0.05, 0) is 6.07 Å². The second-order valence-corrected chi connectivity index (χ2v) is 18.4. The number of para-hydroxylation sites is 1. The van der Waals surface area contributed by atoms with Gasteiger partial charge < -0.3 is 0 Å². The zero-order chi connectivity index (χ0) is 13.6. The third kappa shape index (κ3) is 2.45. The van der Waals surface area contributed by atoms with Crippen molar-refractivity contribution in [1.29, 1.82) is 0 Å². The maximum Gasteiger partial charge on any atom is 0.0695 e. The molecule has 0 N–H and O–H groups in total. The number of hydrogen-bond donors (Lipinski definition) is 0. The van der Waals surface area contributed by atoms with Gasteiger partial charge in [-0.15, -0.1) is 0 Å². The number of nitrogens with zero attached hydrogens (tertiary/aromatic N) is 2. The Bertz CT molecular complexity index is 533. The highest BCUT2D eigenvalue weighted by Crippen LogP contribution is 2.32. The SMILES string of the molecule is C[Si](C)(C)C(n1ncc2ccccc21)[Si](C)(C)C. The predicted octanol–water partition coefficient (Wildman–Crippen LogP) is 4.33. The fourth-order valence-corrected chi connectivity index (χ4v) is 15.5. The molecule has 0 amide bonds. The van der Waals surface area contributed by atoms with Crippen LogP contribution in [0.1, 0.15) is 5.29 Å². The molecule has 0 saturated heterocycles. The van der Waals surface area contributed by atoms with Gasteiger partial charge in [0.25, 0.3) is 0 Å². The minimum absolute atomic E-state index is 0.643. The Labute approximate surface area is 112 Å². The highest BCUT2D eigenvalue weighted by atomic mass is 28.4. The van der Waals surface area contributed by atoms with Crippen molar-refractivity contribution in [2.45, 2.75) is 44.6 Å². The van der Waals surface area contributed by atoms with Gasteiger partial charge >= 0.3 is 0 Å². The fourth-order valence-electron chi connectivity index (χ4n) is 3.23. The second-order valence-electron chi connectivity index (χ2n) is 7.28. The van der Waals surface area contributed by atoms with Gasteiger partial charge in [-0.25, -0.2) is 0 Å². The quantitative estimate of drug-likeness (QED) is 0.763. The molecule has 18 heavy (non-hydrogen) atoms. The average Bonchev–Trinajstić information content (AvgIpc) is 2.58. The minimum atomic E-state index is -1.28.